The Morgan fingerprint density at radius 2 is 1.75 bits per heavy atom. The zero-order valence-electron chi connectivity index (χ0n) is 12.8. The van der Waals surface area contributed by atoms with Crippen molar-refractivity contribution in [2.75, 3.05) is 0 Å². The molecule has 3 rings (SSSR count). The van der Waals surface area contributed by atoms with Crippen LogP contribution in [0.15, 0.2) is 0 Å². The molecule has 2 amide bonds. The van der Waals surface area contributed by atoms with E-state index in [-0.39, 0.29) is 29.9 Å². The van der Waals surface area contributed by atoms with Crippen molar-refractivity contribution in [1.29, 1.82) is 0 Å². The van der Waals surface area contributed by atoms with E-state index in [4.69, 9.17) is 0 Å². The monoisotopic (exact) mass is 278 g/mol. The summed E-state index contributed by atoms with van der Waals surface area (Å²) in [5.41, 5.74) is 0. The highest BCUT2D eigenvalue weighted by atomic mass is 16.2. The number of amides is 2. The number of carbonyl (C=O) groups is 2. The molecule has 1 heterocycles. The average Bonchev–Trinajstić information content (AvgIpc) is 3.23. The smallest absolute Gasteiger partial charge is 0.246 e. The van der Waals surface area contributed by atoms with E-state index < -0.39 is 0 Å². The van der Waals surface area contributed by atoms with Gasteiger partial charge in [0, 0.05) is 6.04 Å². The molecule has 0 bridgehead atoms. The number of nitrogens with zero attached hydrogens (tertiary/aromatic N) is 1. The molecule has 0 radical (unpaired) electrons. The molecule has 1 aliphatic heterocycles. The fraction of sp³-hybridized carbons (Fsp3) is 0.875. The SMILES string of the molecule is CC1CCCC(N2C(=O)C(C3CC3)NC(=O)C2C)C1C. The lowest BCUT2D eigenvalue weighted by Gasteiger charge is -2.47. The maximum atomic E-state index is 12.8. The van der Waals surface area contributed by atoms with E-state index in [2.05, 4.69) is 19.2 Å². The fourth-order valence-electron chi connectivity index (χ4n) is 3.96. The Labute approximate surface area is 121 Å². The summed E-state index contributed by atoms with van der Waals surface area (Å²) in [6.45, 7) is 6.39. The van der Waals surface area contributed by atoms with Gasteiger partial charge in [-0.15, -0.1) is 0 Å². The van der Waals surface area contributed by atoms with Gasteiger partial charge in [0.15, 0.2) is 0 Å². The van der Waals surface area contributed by atoms with Crippen LogP contribution in [0.25, 0.3) is 0 Å². The van der Waals surface area contributed by atoms with Crippen molar-refractivity contribution in [2.24, 2.45) is 17.8 Å². The zero-order chi connectivity index (χ0) is 14.4. The third-order valence-electron chi connectivity index (χ3n) is 5.73. The summed E-state index contributed by atoms with van der Waals surface area (Å²) in [5.74, 6) is 1.72. The lowest BCUT2D eigenvalue weighted by molar-refractivity contribution is -0.154. The molecule has 3 aliphatic rings. The van der Waals surface area contributed by atoms with Gasteiger partial charge in [-0.05, 0) is 43.9 Å². The van der Waals surface area contributed by atoms with Crippen LogP contribution in [0.4, 0.5) is 0 Å². The van der Waals surface area contributed by atoms with E-state index in [1.54, 1.807) is 0 Å². The largest absolute Gasteiger partial charge is 0.342 e. The maximum absolute atomic E-state index is 12.8. The number of hydrogen-bond donors (Lipinski definition) is 1. The van der Waals surface area contributed by atoms with Crippen molar-refractivity contribution < 1.29 is 9.59 Å². The fourth-order valence-corrected chi connectivity index (χ4v) is 3.96. The molecule has 4 heteroatoms. The number of nitrogens with one attached hydrogen (secondary N) is 1. The number of rotatable bonds is 2. The van der Waals surface area contributed by atoms with Crippen LogP contribution >= 0.6 is 0 Å². The molecule has 3 fully saturated rings. The van der Waals surface area contributed by atoms with Gasteiger partial charge in [-0.25, -0.2) is 0 Å². The second-order valence-electron chi connectivity index (χ2n) is 7.08. The summed E-state index contributed by atoms with van der Waals surface area (Å²) in [6.07, 6.45) is 5.62. The van der Waals surface area contributed by atoms with E-state index in [0.29, 0.717) is 17.8 Å². The third kappa shape index (κ3) is 2.23. The Kier molecular flexibility index (Phi) is 3.51. The summed E-state index contributed by atoms with van der Waals surface area (Å²) in [6, 6.07) is -0.313. The Balaban J connectivity index is 1.84. The van der Waals surface area contributed by atoms with Gasteiger partial charge in [0.25, 0.3) is 0 Å². The lowest BCUT2D eigenvalue weighted by atomic mass is 9.76. The molecule has 0 aromatic carbocycles. The first-order valence-electron chi connectivity index (χ1n) is 8.13. The van der Waals surface area contributed by atoms with Crippen molar-refractivity contribution >= 4 is 11.8 Å². The summed E-state index contributed by atoms with van der Waals surface area (Å²) >= 11 is 0. The molecule has 0 aromatic rings. The van der Waals surface area contributed by atoms with Crippen LogP contribution in [-0.4, -0.2) is 34.8 Å². The van der Waals surface area contributed by atoms with Crippen LogP contribution in [0, 0.1) is 17.8 Å². The van der Waals surface area contributed by atoms with Crippen LogP contribution in [0.5, 0.6) is 0 Å². The van der Waals surface area contributed by atoms with Crippen molar-refractivity contribution in [1.82, 2.24) is 10.2 Å². The van der Waals surface area contributed by atoms with Crippen LogP contribution in [-0.2, 0) is 9.59 Å². The van der Waals surface area contributed by atoms with Gasteiger partial charge in [0.05, 0.1) is 0 Å². The predicted octanol–water partition coefficient (Wildman–Crippen LogP) is 1.94. The third-order valence-corrected chi connectivity index (χ3v) is 5.73. The van der Waals surface area contributed by atoms with Crippen LogP contribution in [0.1, 0.15) is 52.9 Å². The molecule has 112 valence electrons. The molecular weight excluding hydrogens is 252 g/mol. The zero-order valence-corrected chi connectivity index (χ0v) is 12.8. The minimum absolute atomic E-state index is 0.0342. The van der Waals surface area contributed by atoms with Crippen molar-refractivity contribution in [3.05, 3.63) is 0 Å². The molecule has 20 heavy (non-hydrogen) atoms. The van der Waals surface area contributed by atoms with Gasteiger partial charge in [0.2, 0.25) is 11.8 Å². The summed E-state index contributed by atoms with van der Waals surface area (Å²) < 4.78 is 0. The second-order valence-corrected chi connectivity index (χ2v) is 7.08. The van der Waals surface area contributed by atoms with Crippen LogP contribution in [0.3, 0.4) is 0 Å². The highest BCUT2D eigenvalue weighted by Crippen LogP contribution is 2.39. The van der Waals surface area contributed by atoms with Gasteiger partial charge in [-0.2, -0.15) is 0 Å². The van der Waals surface area contributed by atoms with Gasteiger partial charge in [-0.3, -0.25) is 9.59 Å². The van der Waals surface area contributed by atoms with E-state index in [9.17, 15) is 9.59 Å². The van der Waals surface area contributed by atoms with E-state index in [0.717, 1.165) is 19.3 Å². The van der Waals surface area contributed by atoms with Crippen molar-refractivity contribution in [3.8, 4) is 0 Å². The maximum Gasteiger partial charge on any atom is 0.246 e. The first-order valence-corrected chi connectivity index (χ1v) is 8.13. The summed E-state index contributed by atoms with van der Waals surface area (Å²) in [7, 11) is 0. The Hall–Kier alpha value is -1.06. The van der Waals surface area contributed by atoms with Crippen LogP contribution < -0.4 is 5.32 Å². The van der Waals surface area contributed by atoms with E-state index in [1.165, 1.54) is 12.8 Å². The Morgan fingerprint density at radius 1 is 1.05 bits per heavy atom. The van der Waals surface area contributed by atoms with Gasteiger partial charge in [0.1, 0.15) is 12.1 Å². The molecular formula is C16H26N2O2. The normalized spacial score (nSPS) is 42.5. The highest BCUT2D eigenvalue weighted by Gasteiger charge is 2.48. The standard InChI is InChI=1S/C16H26N2O2/c1-9-5-4-6-13(10(9)2)18-11(3)15(19)17-14(16(18)20)12-7-8-12/h9-14H,4-8H2,1-3H3,(H,17,19). The minimum Gasteiger partial charge on any atom is -0.342 e. The lowest BCUT2D eigenvalue weighted by Crippen LogP contribution is -2.66. The van der Waals surface area contributed by atoms with Crippen molar-refractivity contribution in [3.63, 3.8) is 0 Å². The molecule has 0 spiro atoms. The van der Waals surface area contributed by atoms with E-state index in [1.807, 2.05) is 11.8 Å². The van der Waals surface area contributed by atoms with Crippen LogP contribution in [0.2, 0.25) is 0 Å². The van der Waals surface area contributed by atoms with E-state index >= 15 is 0 Å². The van der Waals surface area contributed by atoms with Crippen molar-refractivity contribution in [2.45, 2.75) is 71.0 Å². The molecule has 1 saturated heterocycles. The van der Waals surface area contributed by atoms with Gasteiger partial charge in [-0.1, -0.05) is 26.7 Å². The van der Waals surface area contributed by atoms with Gasteiger partial charge < -0.3 is 10.2 Å². The number of piperazine rings is 1. The van der Waals surface area contributed by atoms with Gasteiger partial charge >= 0.3 is 0 Å². The second kappa shape index (κ2) is 5.05. The highest BCUT2D eigenvalue weighted by molar-refractivity contribution is 5.97. The summed E-state index contributed by atoms with van der Waals surface area (Å²) in [4.78, 5) is 27.0. The molecule has 1 N–H and O–H groups in total. The Bertz CT molecular complexity index is 419. The number of hydrogen-bond acceptors (Lipinski definition) is 2. The number of carbonyl (C=O) groups excluding carboxylic acids is 2. The first kappa shape index (κ1) is 13.9. The first-order chi connectivity index (χ1) is 9.50. The quantitative estimate of drug-likeness (QED) is 0.839. The summed E-state index contributed by atoms with van der Waals surface area (Å²) in [5, 5.41) is 2.94. The topological polar surface area (TPSA) is 49.4 Å². The molecule has 0 aromatic heterocycles. The Morgan fingerprint density at radius 3 is 2.40 bits per heavy atom. The predicted molar refractivity (Wildman–Crippen MR) is 76.9 cm³/mol. The molecule has 4 nitrogen and oxygen atoms in total. The molecule has 2 aliphatic carbocycles. The average molecular weight is 278 g/mol. The molecule has 2 saturated carbocycles. The minimum atomic E-state index is -0.310. The molecule has 5 atom stereocenters. The molecule has 5 unspecified atom stereocenters.